The molecule has 1 aliphatic carbocycles. The summed E-state index contributed by atoms with van der Waals surface area (Å²) < 4.78 is 0. The quantitative estimate of drug-likeness (QED) is 0.745. The highest BCUT2D eigenvalue weighted by Crippen LogP contribution is 2.49. The summed E-state index contributed by atoms with van der Waals surface area (Å²) in [4.78, 5) is 29.5. The van der Waals surface area contributed by atoms with Gasteiger partial charge < -0.3 is 9.80 Å². The van der Waals surface area contributed by atoms with Gasteiger partial charge >= 0.3 is 0 Å². The van der Waals surface area contributed by atoms with E-state index in [1.807, 2.05) is 29.7 Å². The number of rotatable bonds is 6. The van der Waals surface area contributed by atoms with Gasteiger partial charge in [0.15, 0.2) is 0 Å². The van der Waals surface area contributed by atoms with Gasteiger partial charge in [-0.3, -0.25) is 9.59 Å². The highest BCUT2D eigenvalue weighted by atomic mass is 16.2. The molecule has 0 bridgehead atoms. The molecule has 0 spiro atoms. The van der Waals surface area contributed by atoms with E-state index in [0.717, 1.165) is 45.2 Å². The fraction of sp³-hybridized carbons (Fsp3) is 0.619. The van der Waals surface area contributed by atoms with Crippen LogP contribution in [0.4, 0.5) is 0 Å². The Morgan fingerprint density at radius 1 is 1.08 bits per heavy atom. The minimum atomic E-state index is -0.724. The third-order valence-electron chi connectivity index (χ3n) is 5.89. The first-order valence-electron chi connectivity index (χ1n) is 9.73. The molecule has 0 radical (unpaired) electrons. The summed E-state index contributed by atoms with van der Waals surface area (Å²) in [6, 6.07) is 10.6. The normalized spacial score (nSPS) is 19.5. The molecule has 0 N–H and O–H groups in total. The predicted molar refractivity (Wildman–Crippen MR) is 99.0 cm³/mol. The van der Waals surface area contributed by atoms with Crippen molar-refractivity contribution in [2.24, 2.45) is 11.3 Å². The molecule has 1 heterocycles. The summed E-state index contributed by atoms with van der Waals surface area (Å²) in [7, 11) is 0. The molecule has 4 nitrogen and oxygen atoms in total. The van der Waals surface area contributed by atoms with E-state index in [2.05, 4.69) is 24.3 Å². The molecule has 1 aromatic carbocycles. The first-order valence-corrected chi connectivity index (χ1v) is 9.73. The third kappa shape index (κ3) is 3.73. The van der Waals surface area contributed by atoms with Gasteiger partial charge in [0.25, 0.3) is 0 Å². The zero-order valence-electron chi connectivity index (χ0n) is 15.5. The summed E-state index contributed by atoms with van der Waals surface area (Å²) in [6.45, 7) is 6.92. The largest absolute Gasteiger partial charge is 0.342 e. The summed E-state index contributed by atoms with van der Waals surface area (Å²) in [5, 5.41) is 0. The van der Waals surface area contributed by atoms with E-state index >= 15 is 0 Å². The molecule has 0 unspecified atom stereocenters. The van der Waals surface area contributed by atoms with Crippen molar-refractivity contribution in [1.82, 2.24) is 9.80 Å². The van der Waals surface area contributed by atoms with E-state index in [-0.39, 0.29) is 11.8 Å². The fourth-order valence-electron chi connectivity index (χ4n) is 4.05. The first-order chi connectivity index (χ1) is 12.1. The van der Waals surface area contributed by atoms with Crippen LogP contribution in [0.25, 0.3) is 0 Å². The lowest BCUT2D eigenvalue weighted by atomic mass is 9.89. The topological polar surface area (TPSA) is 40.6 Å². The zero-order chi connectivity index (χ0) is 17.9. The zero-order valence-corrected chi connectivity index (χ0v) is 15.5. The van der Waals surface area contributed by atoms with E-state index in [0.29, 0.717) is 19.0 Å². The molecule has 0 aromatic heterocycles. The van der Waals surface area contributed by atoms with Gasteiger partial charge in [0.1, 0.15) is 5.41 Å². The van der Waals surface area contributed by atoms with Crippen LogP contribution in [0.3, 0.4) is 0 Å². The average Bonchev–Trinajstić information content (AvgIpc) is 3.45. The molecular weight excluding hydrogens is 312 g/mol. The molecule has 1 aliphatic heterocycles. The van der Waals surface area contributed by atoms with E-state index in [1.165, 1.54) is 5.56 Å². The molecule has 25 heavy (non-hydrogen) atoms. The van der Waals surface area contributed by atoms with Gasteiger partial charge in [0.05, 0.1) is 0 Å². The van der Waals surface area contributed by atoms with Crippen LogP contribution >= 0.6 is 0 Å². The van der Waals surface area contributed by atoms with Gasteiger partial charge in [-0.2, -0.15) is 0 Å². The van der Waals surface area contributed by atoms with Crippen molar-refractivity contribution in [2.45, 2.75) is 46.0 Å². The van der Waals surface area contributed by atoms with Crippen molar-refractivity contribution < 1.29 is 9.59 Å². The Morgan fingerprint density at radius 3 is 2.20 bits per heavy atom. The number of nitrogens with zero attached hydrogens (tertiary/aromatic N) is 2. The van der Waals surface area contributed by atoms with Crippen LogP contribution in [-0.2, 0) is 16.0 Å². The summed E-state index contributed by atoms with van der Waals surface area (Å²) >= 11 is 0. The summed E-state index contributed by atoms with van der Waals surface area (Å²) in [5.41, 5.74) is 0.654. The van der Waals surface area contributed by atoms with Crippen LogP contribution in [0.15, 0.2) is 30.3 Å². The van der Waals surface area contributed by atoms with Crippen molar-refractivity contribution in [2.75, 3.05) is 26.2 Å². The Hall–Kier alpha value is -1.84. The van der Waals surface area contributed by atoms with Crippen LogP contribution in [0, 0.1) is 11.3 Å². The molecule has 2 fully saturated rings. The molecule has 0 atom stereocenters. The molecule has 1 saturated heterocycles. The maximum absolute atomic E-state index is 13.0. The van der Waals surface area contributed by atoms with E-state index < -0.39 is 5.41 Å². The number of likely N-dealkylation sites (tertiary alicyclic amines) is 1. The molecular formula is C21H30N2O2. The Labute approximate surface area is 151 Å². The van der Waals surface area contributed by atoms with Gasteiger partial charge in [-0.15, -0.1) is 0 Å². The number of benzene rings is 1. The van der Waals surface area contributed by atoms with Gasteiger partial charge in [-0.05, 0) is 57.4 Å². The van der Waals surface area contributed by atoms with E-state index in [9.17, 15) is 9.59 Å². The number of carbonyl (C=O) groups is 2. The molecule has 2 aliphatic rings. The number of hydrogen-bond donors (Lipinski definition) is 0. The molecule has 4 heteroatoms. The number of carbonyl (C=O) groups excluding carboxylic acids is 2. The standard InChI is InChI=1S/C21H30N2O2/c1-3-22(4-2)19(24)21(12-13-21)20(25)23-14-10-18(11-15-23)16-17-8-6-5-7-9-17/h5-9,18H,3-4,10-16H2,1-2H3. The van der Waals surface area contributed by atoms with Crippen LogP contribution in [0.2, 0.25) is 0 Å². The van der Waals surface area contributed by atoms with Crippen molar-refractivity contribution in [3.63, 3.8) is 0 Å². The van der Waals surface area contributed by atoms with Crippen molar-refractivity contribution in [1.29, 1.82) is 0 Å². The Morgan fingerprint density at radius 2 is 1.68 bits per heavy atom. The van der Waals surface area contributed by atoms with Crippen LogP contribution in [0.1, 0.15) is 45.1 Å². The number of hydrogen-bond acceptors (Lipinski definition) is 2. The lowest BCUT2D eigenvalue weighted by molar-refractivity contribution is -0.150. The maximum Gasteiger partial charge on any atom is 0.238 e. The van der Waals surface area contributed by atoms with Crippen LogP contribution in [-0.4, -0.2) is 47.8 Å². The lowest BCUT2D eigenvalue weighted by Gasteiger charge is -2.35. The third-order valence-corrected chi connectivity index (χ3v) is 5.89. The Balaban J connectivity index is 1.56. The second kappa shape index (κ2) is 7.59. The highest BCUT2D eigenvalue weighted by Gasteiger charge is 2.59. The summed E-state index contributed by atoms with van der Waals surface area (Å²) in [5.74, 6) is 0.775. The molecule has 2 amide bonds. The number of amides is 2. The van der Waals surface area contributed by atoms with Crippen LogP contribution < -0.4 is 0 Å². The molecule has 1 saturated carbocycles. The fourth-order valence-corrected chi connectivity index (χ4v) is 4.05. The lowest BCUT2D eigenvalue weighted by Crippen LogP contribution is -2.49. The van der Waals surface area contributed by atoms with Crippen molar-refractivity contribution >= 4 is 11.8 Å². The van der Waals surface area contributed by atoms with Crippen LogP contribution in [0.5, 0.6) is 0 Å². The maximum atomic E-state index is 13.0. The molecule has 3 rings (SSSR count). The van der Waals surface area contributed by atoms with Crippen molar-refractivity contribution in [3.8, 4) is 0 Å². The SMILES string of the molecule is CCN(CC)C(=O)C1(C(=O)N2CCC(Cc3ccccc3)CC2)CC1. The second-order valence-corrected chi connectivity index (χ2v) is 7.48. The monoisotopic (exact) mass is 342 g/mol. The Kier molecular flexibility index (Phi) is 5.45. The van der Waals surface area contributed by atoms with E-state index in [4.69, 9.17) is 0 Å². The minimum absolute atomic E-state index is 0.0499. The van der Waals surface area contributed by atoms with Gasteiger partial charge in [-0.25, -0.2) is 0 Å². The van der Waals surface area contributed by atoms with Crippen molar-refractivity contribution in [3.05, 3.63) is 35.9 Å². The predicted octanol–water partition coefficient (Wildman–Crippen LogP) is 3.12. The van der Waals surface area contributed by atoms with Gasteiger partial charge in [-0.1, -0.05) is 30.3 Å². The second-order valence-electron chi connectivity index (χ2n) is 7.48. The smallest absolute Gasteiger partial charge is 0.238 e. The van der Waals surface area contributed by atoms with E-state index in [1.54, 1.807) is 0 Å². The minimum Gasteiger partial charge on any atom is -0.342 e. The number of piperidine rings is 1. The van der Waals surface area contributed by atoms with Gasteiger partial charge in [0.2, 0.25) is 11.8 Å². The summed E-state index contributed by atoms with van der Waals surface area (Å²) in [6.07, 6.45) is 4.62. The molecule has 136 valence electrons. The Bertz CT molecular complexity index is 598. The molecule has 1 aromatic rings. The van der Waals surface area contributed by atoms with Gasteiger partial charge in [0, 0.05) is 26.2 Å². The highest BCUT2D eigenvalue weighted by molar-refractivity contribution is 6.07. The average molecular weight is 342 g/mol. The first kappa shape index (κ1) is 18.0.